The Morgan fingerprint density at radius 1 is 1.22 bits per heavy atom. The topological polar surface area (TPSA) is 61.0 Å². The zero-order valence-electron chi connectivity index (χ0n) is 10.1. The van der Waals surface area contributed by atoms with E-state index in [4.69, 9.17) is 10.5 Å². The van der Waals surface area contributed by atoms with Gasteiger partial charge >= 0.3 is 0 Å². The van der Waals surface area contributed by atoms with Crippen molar-refractivity contribution in [1.29, 1.82) is 0 Å². The molecule has 0 amide bonds. The number of halogens is 1. The quantitative estimate of drug-likeness (QED) is 0.854. The lowest BCUT2D eigenvalue weighted by Crippen LogP contribution is -2.02. The number of nitrogens with two attached hydrogens (primary N) is 1. The summed E-state index contributed by atoms with van der Waals surface area (Å²) in [4.78, 5) is 8.16. The monoisotopic (exact) mass is 355 g/mol. The first-order chi connectivity index (χ1) is 8.70. The van der Waals surface area contributed by atoms with Crippen LogP contribution in [0.25, 0.3) is 0 Å². The van der Waals surface area contributed by atoms with Crippen LogP contribution < -0.4 is 10.5 Å². The van der Waals surface area contributed by atoms with Gasteiger partial charge in [0.15, 0.2) is 0 Å². The number of hydrogen-bond acceptors (Lipinski definition) is 4. The third-order valence-electron chi connectivity index (χ3n) is 2.47. The van der Waals surface area contributed by atoms with Gasteiger partial charge in [0.2, 0.25) is 5.88 Å². The second kappa shape index (κ2) is 5.99. The van der Waals surface area contributed by atoms with E-state index >= 15 is 0 Å². The molecule has 0 spiro atoms. The smallest absolute Gasteiger partial charge is 0.227 e. The number of anilines is 1. The van der Waals surface area contributed by atoms with Gasteiger partial charge in [0.1, 0.15) is 17.9 Å². The minimum Gasteiger partial charge on any atom is -0.439 e. The summed E-state index contributed by atoms with van der Waals surface area (Å²) in [5.41, 5.74) is 6.73. The Bertz CT molecular complexity index is 528. The van der Waals surface area contributed by atoms with Crippen molar-refractivity contribution >= 4 is 28.4 Å². The van der Waals surface area contributed by atoms with Gasteiger partial charge in [-0.05, 0) is 53.3 Å². The minimum atomic E-state index is 0.493. The number of ether oxygens (including phenoxy) is 1. The molecule has 0 saturated heterocycles. The maximum absolute atomic E-state index is 5.85. The normalized spacial score (nSPS) is 10.3. The number of hydrogen-bond donors (Lipinski definition) is 1. The van der Waals surface area contributed by atoms with Crippen molar-refractivity contribution in [2.75, 3.05) is 5.73 Å². The summed E-state index contributed by atoms with van der Waals surface area (Å²) in [6, 6.07) is 7.80. The molecule has 0 bridgehead atoms. The first-order valence-corrected chi connectivity index (χ1v) is 6.81. The molecule has 1 aromatic carbocycles. The van der Waals surface area contributed by atoms with Gasteiger partial charge in [-0.3, -0.25) is 0 Å². The molecule has 1 aromatic heterocycles. The Kier molecular flexibility index (Phi) is 4.35. The predicted molar refractivity (Wildman–Crippen MR) is 79.7 cm³/mol. The van der Waals surface area contributed by atoms with E-state index in [0.29, 0.717) is 11.7 Å². The number of benzene rings is 1. The fraction of sp³-hybridized carbons (Fsp3) is 0.231. The summed E-state index contributed by atoms with van der Waals surface area (Å²) in [7, 11) is 0. The van der Waals surface area contributed by atoms with E-state index in [9.17, 15) is 0 Å². The zero-order valence-corrected chi connectivity index (χ0v) is 12.2. The molecule has 0 aliphatic heterocycles. The van der Waals surface area contributed by atoms with Gasteiger partial charge in [0.25, 0.3) is 0 Å². The second-order valence-corrected chi connectivity index (χ2v) is 5.09. The van der Waals surface area contributed by atoms with E-state index in [1.54, 1.807) is 0 Å². The van der Waals surface area contributed by atoms with Gasteiger partial charge in [0, 0.05) is 3.57 Å². The molecule has 2 N–H and O–H groups in total. The highest BCUT2D eigenvalue weighted by Gasteiger charge is 2.10. The van der Waals surface area contributed by atoms with Crippen molar-refractivity contribution < 1.29 is 4.74 Å². The van der Waals surface area contributed by atoms with Crippen LogP contribution in [0.1, 0.15) is 18.9 Å². The molecule has 0 saturated carbocycles. The van der Waals surface area contributed by atoms with Gasteiger partial charge in [0.05, 0.1) is 5.56 Å². The Morgan fingerprint density at radius 2 is 1.94 bits per heavy atom. The molecule has 18 heavy (non-hydrogen) atoms. The highest BCUT2D eigenvalue weighted by Crippen LogP contribution is 2.26. The van der Waals surface area contributed by atoms with Crippen molar-refractivity contribution in [3.8, 4) is 11.6 Å². The van der Waals surface area contributed by atoms with Crippen LogP contribution in [0, 0.1) is 3.57 Å². The molecule has 0 aliphatic rings. The lowest BCUT2D eigenvalue weighted by molar-refractivity contribution is 0.454. The lowest BCUT2D eigenvalue weighted by Gasteiger charge is -2.10. The molecule has 0 radical (unpaired) electrons. The Balaban J connectivity index is 2.28. The average Bonchev–Trinajstić information content (AvgIpc) is 2.36. The summed E-state index contributed by atoms with van der Waals surface area (Å²) in [5.74, 6) is 1.80. The summed E-state index contributed by atoms with van der Waals surface area (Å²) < 4.78 is 6.93. The fourth-order valence-corrected chi connectivity index (χ4v) is 1.96. The van der Waals surface area contributed by atoms with Gasteiger partial charge in [-0.25, -0.2) is 9.97 Å². The van der Waals surface area contributed by atoms with E-state index in [-0.39, 0.29) is 0 Å². The maximum Gasteiger partial charge on any atom is 0.227 e. The van der Waals surface area contributed by atoms with Crippen molar-refractivity contribution in [3.05, 3.63) is 39.7 Å². The summed E-state index contributed by atoms with van der Waals surface area (Å²) in [5, 5.41) is 0. The zero-order chi connectivity index (χ0) is 13.0. The first-order valence-electron chi connectivity index (χ1n) is 5.73. The maximum atomic E-state index is 5.85. The Morgan fingerprint density at radius 3 is 2.61 bits per heavy atom. The van der Waals surface area contributed by atoms with Crippen molar-refractivity contribution in [1.82, 2.24) is 9.97 Å². The first kappa shape index (κ1) is 13.1. The summed E-state index contributed by atoms with van der Waals surface area (Å²) >= 11 is 2.25. The molecular weight excluding hydrogens is 341 g/mol. The van der Waals surface area contributed by atoms with Crippen LogP contribution in [-0.4, -0.2) is 9.97 Å². The van der Waals surface area contributed by atoms with Gasteiger partial charge in [-0.15, -0.1) is 0 Å². The Hall–Kier alpha value is -1.37. The van der Waals surface area contributed by atoms with Crippen LogP contribution in [0.4, 0.5) is 5.82 Å². The van der Waals surface area contributed by atoms with Crippen molar-refractivity contribution in [2.45, 2.75) is 19.8 Å². The van der Waals surface area contributed by atoms with E-state index in [1.807, 2.05) is 24.3 Å². The third-order valence-corrected chi connectivity index (χ3v) is 3.19. The standard InChI is InChI=1S/C13H14IN3O/c1-2-3-11-12(15)16-8-17-13(11)18-10-6-4-9(14)5-7-10/h4-8H,2-3H2,1H3,(H2,15,16,17). The molecule has 5 heteroatoms. The second-order valence-electron chi connectivity index (χ2n) is 3.85. The molecule has 2 aromatic rings. The van der Waals surface area contributed by atoms with E-state index in [2.05, 4.69) is 39.5 Å². The third kappa shape index (κ3) is 3.10. The number of rotatable bonds is 4. The molecule has 1 heterocycles. The largest absolute Gasteiger partial charge is 0.439 e. The van der Waals surface area contributed by atoms with Crippen LogP contribution in [0.15, 0.2) is 30.6 Å². The summed E-state index contributed by atoms with van der Waals surface area (Å²) in [6.07, 6.45) is 3.21. The number of aromatic nitrogens is 2. The van der Waals surface area contributed by atoms with Crippen molar-refractivity contribution in [3.63, 3.8) is 0 Å². The minimum absolute atomic E-state index is 0.493. The number of nitrogens with zero attached hydrogens (tertiary/aromatic N) is 2. The molecule has 0 fully saturated rings. The van der Waals surface area contributed by atoms with Crippen LogP contribution in [0.5, 0.6) is 11.6 Å². The van der Waals surface area contributed by atoms with Gasteiger partial charge < -0.3 is 10.5 Å². The number of nitrogen functional groups attached to an aromatic ring is 1. The van der Waals surface area contributed by atoms with Crippen LogP contribution in [0.2, 0.25) is 0 Å². The van der Waals surface area contributed by atoms with Gasteiger partial charge in [-0.2, -0.15) is 0 Å². The van der Waals surface area contributed by atoms with Crippen LogP contribution in [0.3, 0.4) is 0 Å². The lowest BCUT2D eigenvalue weighted by atomic mass is 10.2. The fourth-order valence-electron chi connectivity index (χ4n) is 1.60. The summed E-state index contributed by atoms with van der Waals surface area (Å²) in [6.45, 7) is 2.08. The van der Waals surface area contributed by atoms with E-state index in [0.717, 1.165) is 27.7 Å². The SMILES string of the molecule is CCCc1c(N)ncnc1Oc1ccc(I)cc1. The van der Waals surface area contributed by atoms with Crippen LogP contribution >= 0.6 is 22.6 Å². The van der Waals surface area contributed by atoms with Crippen LogP contribution in [-0.2, 0) is 6.42 Å². The molecular formula is C13H14IN3O. The van der Waals surface area contributed by atoms with E-state index < -0.39 is 0 Å². The van der Waals surface area contributed by atoms with E-state index in [1.165, 1.54) is 6.33 Å². The van der Waals surface area contributed by atoms with Gasteiger partial charge in [-0.1, -0.05) is 13.3 Å². The average molecular weight is 355 g/mol. The molecule has 0 aliphatic carbocycles. The van der Waals surface area contributed by atoms with Crippen molar-refractivity contribution in [2.24, 2.45) is 0 Å². The molecule has 4 nitrogen and oxygen atoms in total. The molecule has 0 atom stereocenters. The molecule has 0 unspecified atom stereocenters. The highest BCUT2D eigenvalue weighted by molar-refractivity contribution is 14.1. The molecule has 94 valence electrons. The highest BCUT2D eigenvalue weighted by atomic mass is 127. The predicted octanol–water partition coefficient (Wildman–Crippen LogP) is 3.41. The Labute approximate surface area is 120 Å². The molecule has 2 rings (SSSR count).